The molecule has 0 saturated heterocycles. The standard InChI is InChI=1S/C13H17ClN4O/c1-3-8-15-9(2)12-17-18-13(19-12)16-11-6-4-10(14)5-7-11/h4-7,9,15H,3,8H2,1-2H3,(H,16,18). The Morgan fingerprint density at radius 1 is 1.26 bits per heavy atom. The minimum atomic E-state index is 0.0493. The van der Waals surface area contributed by atoms with Crippen LogP contribution in [0, 0.1) is 0 Å². The van der Waals surface area contributed by atoms with Crippen molar-refractivity contribution in [1.29, 1.82) is 0 Å². The Morgan fingerprint density at radius 2 is 2.00 bits per heavy atom. The van der Waals surface area contributed by atoms with E-state index >= 15 is 0 Å². The van der Waals surface area contributed by atoms with E-state index in [1.807, 2.05) is 19.1 Å². The van der Waals surface area contributed by atoms with Gasteiger partial charge in [-0.2, -0.15) is 0 Å². The van der Waals surface area contributed by atoms with E-state index in [4.69, 9.17) is 16.0 Å². The number of nitrogens with zero attached hydrogens (tertiary/aromatic N) is 2. The molecule has 1 aromatic heterocycles. The Bertz CT molecular complexity index is 512. The summed E-state index contributed by atoms with van der Waals surface area (Å²) in [7, 11) is 0. The average molecular weight is 281 g/mol. The maximum absolute atomic E-state index is 5.82. The molecule has 1 atom stereocenters. The number of hydrogen-bond acceptors (Lipinski definition) is 5. The van der Waals surface area contributed by atoms with E-state index < -0.39 is 0 Å². The summed E-state index contributed by atoms with van der Waals surface area (Å²) in [6.07, 6.45) is 1.06. The molecule has 0 spiro atoms. The summed E-state index contributed by atoms with van der Waals surface area (Å²) < 4.78 is 5.55. The highest BCUT2D eigenvalue weighted by Crippen LogP contribution is 2.19. The number of anilines is 2. The second kappa shape index (κ2) is 6.54. The predicted molar refractivity (Wildman–Crippen MR) is 75.7 cm³/mol. The zero-order chi connectivity index (χ0) is 13.7. The summed E-state index contributed by atoms with van der Waals surface area (Å²) >= 11 is 5.82. The number of rotatable bonds is 6. The third-order valence-electron chi connectivity index (χ3n) is 2.61. The summed E-state index contributed by atoms with van der Waals surface area (Å²) in [5, 5.41) is 15.0. The number of nitrogens with one attached hydrogen (secondary N) is 2. The van der Waals surface area contributed by atoms with Crippen LogP contribution in [-0.4, -0.2) is 16.7 Å². The Kier molecular flexibility index (Phi) is 4.76. The largest absolute Gasteiger partial charge is 0.406 e. The molecule has 102 valence electrons. The van der Waals surface area contributed by atoms with Gasteiger partial charge in [-0.3, -0.25) is 0 Å². The van der Waals surface area contributed by atoms with Crippen molar-refractivity contribution >= 4 is 23.3 Å². The maximum Gasteiger partial charge on any atom is 0.320 e. The van der Waals surface area contributed by atoms with Gasteiger partial charge < -0.3 is 15.1 Å². The first-order chi connectivity index (χ1) is 9.19. The molecule has 2 aromatic rings. The van der Waals surface area contributed by atoms with Crippen molar-refractivity contribution in [3.63, 3.8) is 0 Å². The Morgan fingerprint density at radius 3 is 2.68 bits per heavy atom. The molecule has 1 aromatic carbocycles. The molecule has 1 unspecified atom stereocenters. The smallest absolute Gasteiger partial charge is 0.320 e. The lowest BCUT2D eigenvalue weighted by Crippen LogP contribution is -2.19. The van der Waals surface area contributed by atoms with E-state index in [2.05, 4.69) is 27.8 Å². The fraction of sp³-hybridized carbons (Fsp3) is 0.385. The number of aromatic nitrogens is 2. The average Bonchev–Trinajstić information content (AvgIpc) is 2.87. The highest BCUT2D eigenvalue weighted by Gasteiger charge is 2.12. The molecule has 1 heterocycles. The van der Waals surface area contributed by atoms with Gasteiger partial charge in [-0.25, -0.2) is 0 Å². The number of hydrogen-bond donors (Lipinski definition) is 2. The maximum atomic E-state index is 5.82. The van der Waals surface area contributed by atoms with Crippen molar-refractivity contribution in [1.82, 2.24) is 15.5 Å². The third kappa shape index (κ3) is 3.94. The van der Waals surface area contributed by atoms with Crippen molar-refractivity contribution in [3.05, 3.63) is 35.2 Å². The van der Waals surface area contributed by atoms with Crippen LogP contribution in [-0.2, 0) is 0 Å². The number of halogens is 1. The quantitative estimate of drug-likeness (QED) is 0.847. The molecule has 6 heteroatoms. The SMILES string of the molecule is CCCNC(C)c1nnc(Nc2ccc(Cl)cc2)o1. The zero-order valence-corrected chi connectivity index (χ0v) is 11.7. The van der Waals surface area contributed by atoms with Gasteiger partial charge in [0, 0.05) is 10.7 Å². The lowest BCUT2D eigenvalue weighted by Gasteiger charge is -2.07. The van der Waals surface area contributed by atoms with Gasteiger partial charge in [-0.05, 0) is 44.2 Å². The first-order valence-corrected chi connectivity index (χ1v) is 6.66. The predicted octanol–water partition coefficient (Wildman–Crippen LogP) is 3.53. The van der Waals surface area contributed by atoms with E-state index in [9.17, 15) is 0 Å². The summed E-state index contributed by atoms with van der Waals surface area (Å²) in [6, 6.07) is 7.73. The summed E-state index contributed by atoms with van der Waals surface area (Å²) in [5.41, 5.74) is 0.855. The lowest BCUT2D eigenvalue weighted by atomic mass is 10.3. The van der Waals surface area contributed by atoms with Crippen molar-refractivity contribution < 1.29 is 4.42 Å². The molecule has 2 N–H and O–H groups in total. The van der Waals surface area contributed by atoms with E-state index in [0.29, 0.717) is 16.9 Å². The van der Waals surface area contributed by atoms with Gasteiger partial charge in [0.15, 0.2) is 0 Å². The molecule has 0 fully saturated rings. The van der Waals surface area contributed by atoms with E-state index in [1.54, 1.807) is 12.1 Å². The number of benzene rings is 1. The monoisotopic (exact) mass is 280 g/mol. The molecule has 0 aliphatic rings. The van der Waals surface area contributed by atoms with E-state index in [1.165, 1.54) is 0 Å². The van der Waals surface area contributed by atoms with Gasteiger partial charge in [-0.1, -0.05) is 23.6 Å². The molecule has 0 aliphatic carbocycles. The van der Waals surface area contributed by atoms with Crippen LogP contribution in [0.4, 0.5) is 11.7 Å². The van der Waals surface area contributed by atoms with Gasteiger partial charge in [0.2, 0.25) is 5.89 Å². The molecular formula is C13H17ClN4O. The van der Waals surface area contributed by atoms with Crippen molar-refractivity contribution in [2.45, 2.75) is 26.3 Å². The third-order valence-corrected chi connectivity index (χ3v) is 2.86. The molecule has 19 heavy (non-hydrogen) atoms. The fourth-order valence-electron chi connectivity index (χ4n) is 1.56. The molecule has 2 rings (SSSR count). The van der Waals surface area contributed by atoms with Crippen molar-refractivity contribution in [2.75, 3.05) is 11.9 Å². The van der Waals surface area contributed by atoms with Crippen LogP contribution in [0.5, 0.6) is 0 Å². The molecule has 0 amide bonds. The summed E-state index contributed by atoms with van der Waals surface area (Å²) in [4.78, 5) is 0. The summed E-state index contributed by atoms with van der Waals surface area (Å²) in [6.45, 7) is 5.03. The van der Waals surface area contributed by atoms with Crippen LogP contribution in [0.25, 0.3) is 0 Å². The topological polar surface area (TPSA) is 63.0 Å². The molecule has 0 radical (unpaired) electrons. The first-order valence-electron chi connectivity index (χ1n) is 6.28. The van der Waals surface area contributed by atoms with E-state index in [-0.39, 0.29) is 6.04 Å². The van der Waals surface area contributed by atoms with Crippen LogP contribution < -0.4 is 10.6 Å². The minimum Gasteiger partial charge on any atom is -0.406 e. The van der Waals surface area contributed by atoms with Crippen molar-refractivity contribution in [3.8, 4) is 0 Å². The second-order valence-electron chi connectivity index (χ2n) is 4.25. The molecule has 5 nitrogen and oxygen atoms in total. The van der Waals surface area contributed by atoms with Gasteiger partial charge in [0.1, 0.15) is 0 Å². The summed E-state index contributed by atoms with van der Waals surface area (Å²) in [5.74, 6) is 0.574. The zero-order valence-electron chi connectivity index (χ0n) is 11.0. The first kappa shape index (κ1) is 13.8. The molecule has 0 bridgehead atoms. The Hall–Kier alpha value is -1.59. The van der Waals surface area contributed by atoms with Crippen LogP contribution in [0.2, 0.25) is 5.02 Å². The molecule has 0 saturated carbocycles. The minimum absolute atomic E-state index is 0.0493. The highest BCUT2D eigenvalue weighted by molar-refractivity contribution is 6.30. The van der Waals surface area contributed by atoms with Crippen LogP contribution in [0.3, 0.4) is 0 Å². The fourth-order valence-corrected chi connectivity index (χ4v) is 1.69. The lowest BCUT2D eigenvalue weighted by molar-refractivity contribution is 0.424. The van der Waals surface area contributed by atoms with Crippen LogP contribution >= 0.6 is 11.6 Å². The normalized spacial score (nSPS) is 12.4. The van der Waals surface area contributed by atoms with Gasteiger partial charge in [-0.15, -0.1) is 5.10 Å². The van der Waals surface area contributed by atoms with Crippen LogP contribution in [0.1, 0.15) is 32.2 Å². The van der Waals surface area contributed by atoms with Gasteiger partial charge >= 0.3 is 6.01 Å². The molecule has 0 aliphatic heterocycles. The second-order valence-corrected chi connectivity index (χ2v) is 4.69. The molecular weight excluding hydrogens is 264 g/mol. The van der Waals surface area contributed by atoms with Crippen molar-refractivity contribution in [2.24, 2.45) is 0 Å². The Balaban J connectivity index is 1.98. The Labute approximate surface area is 117 Å². The van der Waals surface area contributed by atoms with Gasteiger partial charge in [0.25, 0.3) is 0 Å². The van der Waals surface area contributed by atoms with E-state index in [0.717, 1.165) is 18.7 Å². The highest BCUT2D eigenvalue weighted by atomic mass is 35.5. The van der Waals surface area contributed by atoms with Crippen LogP contribution in [0.15, 0.2) is 28.7 Å². The van der Waals surface area contributed by atoms with Gasteiger partial charge in [0.05, 0.1) is 6.04 Å².